The Morgan fingerprint density at radius 3 is 2.50 bits per heavy atom. The molecule has 18 heavy (non-hydrogen) atoms. The third kappa shape index (κ3) is 3.47. The molecule has 0 radical (unpaired) electrons. The van der Waals surface area contributed by atoms with E-state index in [-0.39, 0.29) is 0 Å². The van der Waals surface area contributed by atoms with E-state index in [9.17, 15) is 8.42 Å². The van der Waals surface area contributed by atoms with Gasteiger partial charge in [0.05, 0.1) is 10.3 Å². The van der Waals surface area contributed by atoms with Gasteiger partial charge < -0.3 is 5.32 Å². The van der Waals surface area contributed by atoms with Gasteiger partial charge in [-0.3, -0.25) is 0 Å². The average molecular weight is 331 g/mol. The number of sulfone groups is 1. The highest BCUT2D eigenvalue weighted by molar-refractivity contribution is 9.10. The second-order valence-corrected chi connectivity index (χ2v) is 8.20. The van der Waals surface area contributed by atoms with Gasteiger partial charge in [-0.1, -0.05) is 0 Å². The van der Waals surface area contributed by atoms with Crippen LogP contribution in [0.5, 0.6) is 0 Å². The van der Waals surface area contributed by atoms with Gasteiger partial charge in [0.25, 0.3) is 0 Å². The SMILES string of the molecule is CC(C)(CNc1ccc(C#N)c(Br)c1)S(C)(=O)=O. The number of anilines is 1. The summed E-state index contributed by atoms with van der Waals surface area (Å²) in [5.74, 6) is 0. The van der Waals surface area contributed by atoms with Crippen molar-refractivity contribution in [3.05, 3.63) is 28.2 Å². The Morgan fingerprint density at radius 2 is 2.06 bits per heavy atom. The van der Waals surface area contributed by atoms with Crippen molar-refractivity contribution in [2.45, 2.75) is 18.6 Å². The van der Waals surface area contributed by atoms with Crippen LogP contribution < -0.4 is 5.32 Å². The first-order chi connectivity index (χ1) is 8.17. The molecule has 1 aromatic rings. The van der Waals surface area contributed by atoms with Gasteiger partial charge in [0, 0.05) is 23.0 Å². The van der Waals surface area contributed by atoms with Crippen molar-refractivity contribution in [3.63, 3.8) is 0 Å². The molecule has 0 aliphatic heterocycles. The Labute approximate surface area is 116 Å². The van der Waals surface area contributed by atoms with E-state index in [2.05, 4.69) is 21.2 Å². The maximum absolute atomic E-state index is 11.5. The summed E-state index contributed by atoms with van der Waals surface area (Å²) in [5, 5.41) is 11.9. The van der Waals surface area contributed by atoms with Crippen LogP contribution in [0.1, 0.15) is 19.4 Å². The van der Waals surface area contributed by atoms with Gasteiger partial charge in [-0.15, -0.1) is 0 Å². The minimum Gasteiger partial charge on any atom is -0.383 e. The largest absolute Gasteiger partial charge is 0.383 e. The molecule has 1 aromatic carbocycles. The predicted molar refractivity (Wildman–Crippen MR) is 76.3 cm³/mol. The third-order valence-corrected chi connectivity index (χ3v) is 5.62. The molecule has 0 aliphatic rings. The number of nitrogens with one attached hydrogen (secondary N) is 1. The van der Waals surface area contributed by atoms with Crippen LogP contribution in [0.25, 0.3) is 0 Å². The lowest BCUT2D eigenvalue weighted by Gasteiger charge is -2.23. The van der Waals surface area contributed by atoms with E-state index in [0.717, 1.165) is 5.69 Å². The predicted octanol–water partition coefficient (Wildman–Crippen LogP) is 2.56. The number of benzene rings is 1. The molecule has 0 aliphatic carbocycles. The lowest BCUT2D eigenvalue weighted by Crippen LogP contribution is -2.38. The first-order valence-electron chi connectivity index (χ1n) is 5.30. The van der Waals surface area contributed by atoms with Crippen LogP contribution in [0.3, 0.4) is 0 Å². The Balaban J connectivity index is 2.83. The topological polar surface area (TPSA) is 70.0 Å². The first kappa shape index (κ1) is 15.0. The summed E-state index contributed by atoms with van der Waals surface area (Å²) in [6.45, 7) is 3.66. The molecular weight excluding hydrogens is 316 g/mol. The molecule has 0 unspecified atom stereocenters. The number of nitriles is 1. The lowest BCUT2D eigenvalue weighted by molar-refractivity contribution is 0.560. The third-order valence-electron chi connectivity index (χ3n) is 2.81. The van der Waals surface area contributed by atoms with Gasteiger partial charge in [-0.2, -0.15) is 5.26 Å². The van der Waals surface area contributed by atoms with E-state index in [1.54, 1.807) is 32.0 Å². The molecule has 0 atom stereocenters. The normalized spacial score (nSPS) is 11.9. The molecule has 98 valence electrons. The molecule has 1 N–H and O–H groups in total. The van der Waals surface area contributed by atoms with E-state index in [1.807, 2.05) is 6.07 Å². The summed E-state index contributed by atoms with van der Waals surface area (Å²) in [5.41, 5.74) is 1.32. The fourth-order valence-electron chi connectivity index (χ4n) is 1.16. The van der Waals surface area contributed by atoms with Gasteiger partial charge in [0.15, 0.2) is 9.84 Å². The smallest absolute Gasteiger partial charge is 0.154 e. The van der Waals surface area contributed by atoms with Gasteiger partial charge >= 0.3 is 0 Å². The van der Waals surface area contributed by atoms with E-state index in [1.165, 1.54) is 6.26 Å². The number of hydrogen-bond donors (Lipinski definition) is 1. The molecule has 0 spiro atoms. The van der Waals surface area contributed by atoms with Crippen molar-refractivity contribution in [3.8, 4) is 6.07 Å². The molecule has 6 heteroatoms. The van der Waals surface area contributed by atoms with Gasteiger partial charge in [-0.25, -0.2) is 8.42 Å². The number of rotatable bonds is 4. The van der Waals surface area contributed by atoms with Gasteiger partial charge in [-0.05, 0) is 48.0 Å². The zero-order valence-electron chi connectivity index (χ0n) is 10.5. The Hall–Kier alpha value is -1.06. The van der Waals surface area contributed by atoms with Crippen molar-refractivity contribution < 1.29 is 8.42 Å². The summed E-state index contributed by atoms with van der Waals surface area (Å²) in [6, 6.07) is 7.24. The zero-order chi connectivity index (χ0) is 14.0. The Morgan fingerprint density at radius 1 is 1.44 bits per heavy atom. The van der Waals surface area contributed by atoms with Crippen LogP contribution in [0.15, 0.2) is 22.7 Å². The van der Waals surface area contributed by atoms with Crippen LogP contribution in [0.4, 0.5) is 5.69 Å². The molecule has 0 fully saturated rings. The monoisotopic (exact) mass is 330 g/mol. The molecule has 0 bridgehead atoms. The highest BCUT2D eigenvalue weighted by Gasteiger charge is 2.29. The summed E-state index contributed by atoms with van der Waals surface area (Å²) < 4.78 is 22.9. The number of hydrogen-bond acceptors (Lipinski definition) is 4. The average Bonchev–Trinajstić information content (AvgIpc) is 2.25. The highest BCUT2D eigenvalue weighted by Crippen LogP contribution is 2.22. The van der Waals surface area contributed by atoms with Gasteiger partial charge in [0.1, 0.15) is 6.07 Å². The van der Waals surface area contributed by atoms with Crippen LogP contribution in [0.2, 0.25) is 0 Å². The first-order valence-corrected chi connectivity index (χ1v) is 7.99. The molecule has 4 nitrogen and oxygen atoms in total. The maximum Gasteiger partial charge on any atom is 0.154 e. The van der Waals surface area contributed by atoms with Crippen LogP contribution in [0, 0.1) is 11.3 Å². The van der Waals surface area contributed by atoms with Crippen LogP contribution in [-0.4, -0.2) is 26.0 Å². The standard InChI is InChI=1S/C12H15BrN2O2S/c1-12(2,18(3,16)17)8-15-10-5-4-9(7-14)11(13)6-10/h4-6,15H,8H2,1-3H3. The quantitative estimate of drug-likeness (QED) is 0.920. The van der Waals surface area contributed by atoms with E-state index in [4.69, 9.17) is 5.26 Å². The van der Waals surface area contributed by atoms with Crippen LogP contribution in [-0.2, 0) is 9.84 Å². The number of nitrogens with zero attached hydrogens (tertiary/aromatic N) is 1. The molecule has 0 amide bonds. The second-order valence-electron chi connectivity index (χ2n) is 4.69. The van der Waals surface area contributed by atoms with Crippen molar-refractivity contribution in [2.75, 3.05) is 18.1 Å². The van der Waals surface area contributed by atoms with Crippen molar-refractivity contribution in [1.29, 1.82) is 5.26 Å². The van der Waals surface area contributed by atoms with E-state index in [0.29, 0.717) is 16.6 Å². The molecule has 0 saturated carbocycles. The molecular formula is C12H15BrN2O2S. The maximum atomic E-state index is 11.5. The number of halogens is 1. The Bertz CT molecular complexity index is 589. The summed E-state index contributed by atoms with van der Waals surface area (Å²) in [6.07, 6.45) is 1.23. The summed E-state index contributed by atoms with van der Waals surface area (Å²) >= 11 is 3.29. The summed E-state index contributed by atoms with van der Waals surface area (Å²) in [4.78, 5) is 0. The van der Waals surface area contributed by atoms with Crippen molar-refractivity contribution in [1.82, 2.24) is 0 Å². The van der Waals surface area contributed by atoms with E-state index < -0.39 is 14.6 Å². The fraction of sp³-hybridized carbons (Fsp3) is 0.417. The molecule has 0 heterocycles. The minimum atomic E-state index is -3.12. The molecule has 1 rings (SSSR count). The highest BCUT2D eigenvalue weighted by atomic mass is 79.9. The Kier molecular flexibility index (Phi) is 4.41. The van der Waals surface area contributed by atoms with Crippen molar-refractivity contribution >= 4 is 31.5 Å². The zero-order valence-corrected chi connectivity index (χ0v) is 12.9. The minimum absolute atomic E-state index is 0.310. The summed E-state index contributed by atoms with van der Waals surface area (Å²) in [7, 11) is -3.12. The fourth-order valence-corrected chi connectivity index (χ4v) is 1.96. The van der Waals surface area contributed by atoms with Crippen molar-refractivity contribution in [2.24, 2.45) is 0 Å². The van der Waals surface area contributed by atoms with Gasteiger partial charge in [0.2, 0.25) is 0 Å². The lowest BCUT2D eigenvalue weighted by atomic mass is 10.2. The second kappa shape index (κ2) is 5.29. The van der Waals surface area contributed by atoms with Crippen LogP contribution >= 0.6 is 15.9 Å². The molecule has 0 aromatic heterocycles. The molecule has 0 saturated heterocycles. The van der Waals surface area contributed by atoms with E-state index >= 15 is 0 Å².